The van der Waals surface area contributed by atoms with Crippen LogP contribution in [0.1, 0.15) is 30.4 Å². The Bertz CT molecular complexity index is 1210. The molecule has 2 aromatic heterocycles. The van der Waals surface area contributed by atoms with Gasteiger partial charge in [-0.15, -0.1) is 0 Å². The van der Waals surface area contributed by atoms with E-state index in [0.29, 0.717) is 11.6 Å². The van der Waals surface area contributed by atoms with Crippen molar-refractivity contribution in [3.63, 3.8) is 0 Å². The molecular formula is C23H29N5O3. The van der Waals surface area contributed by atoms with E-state index in [9.17, 15) is 14.4 Å². The second-order valence-electron chi connectivity index (χ2n) is 8.60. The Morgan fingerprint density at radius 2 is 1.74 bits per heavy atom. The number of nitrogens with zero attached hydrogens (tertiary/aromatic N) is 5. The van der Waals surface area contributed by atoms with Gasteiger partial charge in [0.25, 0.3) is 5.56 Å². The molecule has 0 atom stereocenters. The highest BCUT2D eigenvalue weighted by atomic mass is 16.2. The van der Waals surface area contributed by atoms with Gasteiger partial charge in [0.2, 0.25) is 5.91 Å². The van der Waals surface area contributed by atoms with Gasteiger partial charge < -0.3 is 9.47 Å². The molecule has 164 valence electrons. The largest absolute Gasteiger partial charge is 0.341 e. The van der Waals surface area contributed by atoms with E-state index in [4.69, 9.17) is 0 Å². The molecule has 1 aromatic carbocycles. The molecule has 0 spiro atoms. The molecule has 0 aliphatic carbocycles. The van der Waals surface area contributed by atoms with Gasteiger partial charge in [-0.3, -0.25) is 18.7 Å². The van der Waals surface area contributed by atoms with E-state index in [0.717, 1.165) is 43.3 Å². The number of aromatic nitrogens is 4. The number of likely N-dealkylation sites (tertiary alicyclic amines) is 1. The van der Waals surface area contributed by atoms with E-state index in [2.05, 4.69) is 36.2 Å². The topological polar surface area (TPSA) is 82.1 Å². The van der Waals surface area contributed by atoms with Crippen molar-refractivity contribution in [2.45, 2.75) is 39.2 Å². The first-order valence-electron chi connectivity index (χ1n) is 10.8. The van der Waals surface area contributed by atoms with Crippen molar-refractivity contribution in [2.24, 2.45) is 20.0 Å². The molecule has 1 saturated heterocycles. The monoisotopic (exact) mass is 423 g/mol. The molecule has 4 rings (SSSR count). The van der Waals surface area contributed by atoms with E-state index in [1.165, 1.54) is 29.1 Å². The number of amides is 1. The highest BCUT2D eigenvalue weighted by Crippen LogP contribution is 2.23. The van der Waals surface area contributed by atoms with Crippen molar-refractivity contribution in [2.75, 3.05) is 13.1 Å². The Morgan fingerprint density at radius 1 is 1.06 bits per heavy atom. The van der Waals surface area contributed by atoms with E-state index >= 15 is 0 Å². The summed E-state index contributed by atoms with van der Waals surface area (Å²) in [5.74, 6) is 0.605. The first kappa shape index (κ1) is 21.1. The molecule has 3 heterocycles. The Kier molecular flexibility index (Phi) is 5.80. The smallest absolute Gasteiger partial charge is 0.332 e. The van der Waals surface area contributed by atoms with Crippen molar-refractivity contribution >= 4 is 17.1 Å². The van der Waals surface area contributed by atoms with Gasteiger partial charge in [-0.1, -0.05) is 29.8 Å². The number of hydrogen-bond donors (Lipinski definition) is 0. The molecule has 8 heteroatoms. The summed E-state index contributed by atoms with van der Waals surface area (Å²) in [6.07, 6.45) is 5.68. The Balaban J connectivity index is 1.37. The predicted octanol–water partition coefficient (Wildman–Crippen LogP) is 1.61. The summed E-state index contributed by atoms with van der Waals surface area (Å²) in [6, 6.07) is 8.70. The Morgan fingerprint density at radius 3 is 2.42 bits per heavy atom. The van der Waals surface area contributed by atoms with E-state index in [-0.39, 0.29) is 18.0 Å². The van der Waals surface area contributed by atoms with Crippen LogP contribution < -0.4 is 11.2 Å². The van der Waals surface area contributed by atoms with Crippen LogP contribution in [0.15, 0.2) is 40.2 Å². The molecular weight excluding hydrogens is 394 g/mol. The molecule has 3 aromatic rings. The lowest BCUT2D eigenvalue weighted by Gasteiger charge is -2.32. The fourth-order valence-electron chi connectivity index (χ4n) is 4.36. The van der Waals surface area contributed by atoms with Gasteiger partial charge in [0.1, 0.15) is 6.54 Å². The molecule has 0 radical (unpaired) electrons. The summed E-state index contributed by atoms with van der Waals surface area (Å²) in [5, 5.41) is 0. The average molecular weight is 424 g/mol. The van der Waals surface area contributed by atoms with Crippen molar-refractivity contribution in [3.8, 4) is 0 Å². The number of benzene rings is 1. The number of aryl methyl sites for hydroxylation is 3. The predicted molar refractivity (Wildman–Crippen MR) is 119 cm³/mol. The minimum absolute atomic E-state index is 0.0211. The maximum atomic E-state index is 12.9. The van der Waals surface area contributed by atoms with E-state index in [1.807, 2.05) is 4.90 Å². The van der Waals surface area contributed by atoms with Gasteiger partial charge in [-0.05, 0) is 44.1 Å². The van der Waals surface area contributed by atoms with Crippen LogP contribution in [0, 0.1) is 12.8 Å². The maximum Gasteiger partial charge on any atom is 0.332 e. The summed E-state index contributed by atoms with van der Waals surface area (Å²) in [6.45, 7) is 3.63. The lowest BCUT2D eigenvalue weighted by Crippen LogP contribution is -2.41. The maximum absolute atomic E-state index is 12.9. The fraction of sp³-hybridized carbons (Fsp3) is 0.478. The summed E-state index contributed by atoms with van der Waals surface area (Å²) >= 11 is 0. The van der Waals surface area contributed by atoms with Gasteiger partial charge in [0.15, 0.2) is 11.2 Å². The number of fused-ring (bicyclic) bond motifs is 1. The molecule has 1 amide bonds. The van der Waals surface area contributed by atoms with Crippen molar-refractivity contribution < 1.29 is 4.79 Å². The zero-order valence-corrected chi connectivity index (χ0v) is 18.4. The minimum Gasteiger partial charge on any atom is -0.341 e. The first-order valence-corrected chi connectivity index (χ1v) is 10.8. The van der Waals surface area contributed by atoms with Gasteiger partial charge in [0, 0.05) is 27.2 Å². The van der Waals surface area contributed by atoms with Crippen LogP contribution in [0.4, 0.5) is 0 Å². The van der Waals surface area contributed by atoms with Crippen LogP contribution in [0.3, 0.4) is 0 Å². The number of rotatable bonds is 5. The molecule has 0 N–H and O–H groups in total. The van der Waals surface area contributed by atoms with Crippen LogP contribution in [-0.2, 0) is 31.9 Å². The molecule has 0 bridgehead atoms. The van der Waals surface area contributed by atoms with Crippen LogP contribution in [0.2, 0.25) is 0 Å². The molecule has 1 aliphatic rings. The number of imidazole rings is 1. The molecule has 0 saturated carbocycles. The molecule has 31 heavy (non-hydrogen) atoms. The van der Waals surface area contributed by atoms with Gasteiger partial charge in [-0.25, -0.2) is 9.78 Å². The van der Waals surface area contributed by atoms with Crippen molar-refractivity contribution in [3.05, 3.63) is 62.6 Å². The normalized spacial score (nSPS) is 15.0. The number of hydrogen-bond acceptors (Lipinski definition) is 4. The quantitative estimate of drug-likeness (QED) is 0.624. The van der Waals surface area contributed by atoms with Crippen molar-refractivity contribution in [1.29, 1.82) is 0 Å². The summed E-state index contributed by atoms with van der Waals surface area (Å²) < 4.78 is 3.94. The van der Waals surface area contributed by atoms with Gasteiger partial charge in [-0.2, -0.15) is 0 Å². The number of piperidine rings is 1. The van der Waals surface area contributed by atoms with Crippen LogP contribution in [0.25, 0.3) is 11.2 Å². The third-order valence-corrected chi connectivity index (χ3v) is 6.45. The Labute approximate surface area is 180 Å². The highest BCUT2D eigenvalue weighted by Gasteiger charge is 2.24. The third kappa shape index (κ3) is 4.19. The van der Waals surface area contributed by atoms with Gasteiger partial charge >= 0.3 is 5.69 Å². The zero-order chi connectivity index (χ0) is 22.1. The standard InChI is InChI=1S/C23H29N5O3/c1-16-4-6-17(7-5-16)8-9-18-10-12-27(13-11-18)19(29)14-28-15-24-21-20(28)22(30)26(3)23(31)25(21)2/h4-7,15,18H,8-14H2,1-3H3. The average Bonchev–Trinajstić information content (AvgIpc) is 3.20. The SMILES string of the molecule is Cc1ccc(CCC2CCN(C(=O)Cn3cnc4c3c(=O)n(C)c(=O)n4C)CC2)cc1. The van der Waals surface area contributed by atoms with Crippen LogP contribution >= 0.6 is 0 Å². The van der Waals surface area contributed by atoms with E-state index < -0.39 is 11.2 Å². The van der Waals surface area contributed by atoms with Crippen LogP contribution in [0.5, 0.6) is 0 Å². The second-order valence-corrected chi connectivity index (χ2v) is 8.60. The lowest BCUT2D eigenvalue weighted by molar-refractivity contribution is -0.133. The summed E-state index contributed by atoms with van der Waals surface area (Å²) in [5.41, 5.74) is 2.37. The second kappa shape index (κ2) is 8.53. The Hall–Kier alpha value is -3.16. The number of carbonyl (C=O) groups excluding carboxylic acids is 1. The lowest BCUT2D eigenvalue weighted by atomic mass is 9.90. The molecule has 1 aliphatic heterocycles. The third-order valence-electron chi connectivity index (χ3n) is 6.45. The van der Waals surface area contributed by atoms with Crippen molar-refractivity contribution in [1.82, 2.24) is 23.6 Å². The highest BCUT2D eigenvalue weighted by molar-refractivity contribution is 5.79. The zero-order valence-electron chi connectivity index (χ0n) is 18.4. The minimum atomic E-state index is -0.432. The first-order chi connectivity index (χ1) is 14.8. The fourth-order valence-corrected chi connectivity index (χ4v) is 4.36. The van der Waals surface area contributed by atoms with Crippen LogP contribution in [-0.4, -0.2) is 42.6 Å². The van der Waals surface area contributed by atoms with Gasteiger partial charge in [0.05, 0.1) is 6.33 Å². The van der Waals surface area contributed by atoms with E-state index in [1.54, 1.807) is 11.6 Å². The molecule has 1 fully saturated rings. The summed E-state index contributed by atoms with van der Waals surface area (Å²) in [4.78, 5) is 43.6. The number of carbonyl (C=O) groups is 1. The summed E-state index contributed by atoms with van der Waals surface area (Å²) in [7, 11) is 3.01. The molecule has 0 unspecified atom stereocenters. The molecule has 8 nitrogen and oxygen atoms in total.